The van der Waals surface area contributed by atoms with Crippen LogP contribution in [-0.2, 0) is 11.3 Å². The van der Waals surface area contributed by atoms with Crippen LogP contribution in [0.25, 0.3) is 0 Å². The molecule has 0 fully saturated rings. The summed E-state index contributed by atoms with van der Waals surface area (Å²) in [6, 6.07) is -0.400. The first-order chi connectivity index (χ1) is 6.65. The Morgan fingerprint density at radius 3 is 2.69 bits per heavy atom. The first kappa shape index (κ1) is 18.0. The minimum absolute atomic E-state index is 0. The van der Waals surface area contributed by atoms with Crippen LogP contribution in [0.3, 0.4) is 0 Å². The van der Waals surface area contributed by atoms with Gasteiger partial charge in [0, 0.05) is 4.88 Å². The number of nitrogens with one attached hydrogen (secondary N) is 1. The molecule has 1 rings (SSSR count). The molecule has 0 aliphatic rings. The highest BCUT2D eigenvalue weighted by atomic mass is 35.5. The highest BCUT2D eigenvalue weighted by Crippen LogP contribution is 2.11. The van der Waals surface area contributed by atoms with E-state index >= 15 is 0 Å². The second-order valence-electron chi connectivity index (χ2n) is 3.09. The van der Waals surface area contributed by atoms with Crippen LogP contribution in [0.2, 0.25) is 0 Å². The largest absolute Gasteiger partial charge is 0.350 e. The fourth-order valence-electron chi connectivity index (χ4n) is 0.980. The van der Waals surface area contributed by atoms with Crippen molar-refractivity contribution in [1.29, 1.82) is 0 Å². The van der Waals surface area contributed by atoms with Crippen LogP contribution >= 0.6 is 36.2 Å². The average molecular weight is 286 g/mol. The number of nitrogens with zero attached hydrogens (tertiary/aromatic N) is 1. The number of carbonyl (C=O) groups excluding carboxylic acids is 1. The summed E-state index contributed by atoms with van der Waals surface area (Å²) in [4.78, 5) is 16.5. The fraction of sp³-hybridized carbons (Fsp3) is 0.556. The lowest BCUT2D eigenvalue weighted by Crippen LogP contribution is -2.39. The smallest absolute Gasteiger partial charge is 0.237 e. The molecule has 1 aromatic rings. The van der Waals surface area contributed by atoms with Gasteiger partial charge in [-0.15, -0.1) is 36.2 Å². The Morgan fingerprint density at radius 1 is 1.62 bits per heavy atom. The molecule has 4 nitrogen and oxygen atoms in total. The summed E-state index contributed by atoms with van der Waals surface area (Å²) in [6.07, 6.45) is 0.660. The number of hydrogen-bond acceptors (Lipinski definition) is 4. The highest BCUT2D eigenvalue weighted by molar-refractivity contribution is 7.09. The molecule has 94 valence electrons. The van der Waals surface area contributed by atoms with Crippen molar-refractivity contribution in [2.75, 3.05) is 0 Å². The van der Waals surface area contributed by atoms with Crippen molar-refractivity contribution in [1.82, 2.24) is 10.3 Å². The molecule has 0 aromatic carbocycles. The minimum Gasteiger partial charge on any atom is -0.350 e. The Balaban J connectivity index is 0. The third kappa shape index (κ3) is 5.12. The first-order valence-corrected chi connectivity index (χ1v) is 5.45. The molecule has 1 atom stereocenters. The maximum absolute atomic E-state index is 11.3. The van der Waals surface area contributed by atoms with Crippen LogP contribution in [0.15, 0.2) is 5.51 Å². The number of nitrogens with two attached hydrogens (primary N) is 1. The number of aromatic nitrogens is 1. The molecule has 0 radical (unpaired) electrons. The Bertz CT molecular complexity index is 319. The van der Waals surface area contributed by atoms with E-state index in [4.69, 9.17) is 5.73 Å². The summed E-state index contributed by atoms with van der Waals surface area (Å²) >= 11 is 1.54. The van der Waals surface area contributed by atoms with Crippen molar-refractivity contribution in [3.8, 4) is 0 Å². The Labute approximate surface area is 112 Å². The molecule has 1 heterocycles. The van der Waals surface area contributed by atoms with Gasteiger partial charge in [0.05, 0.1) is 23.8 Å². The zero-order chi connectivity index (χ0) is 10.6. The van der Waals surface area contributed by atoms with Gasteiger partial charge in [0.1, 0.15) is 0 Å². The van der Waals surface area contributed by atoms with E-state index in [0.29, 0.717) is 13.0 Å². The van der Waals surface area contributed by atoms with Gasteiger partial charge < -0.3 is 11.1 Å². The van der Waals surface area contributed by atoms with Gasteiger partial charge in [-0.2, -0.15) is 0 Å². The molecular weight excluding hydrogens is 269 g/mol. The molecule has 1 aromatic heterocycles. The van der Waals surface area contributed by atoms with E-state index in [9.17, 15) is 4.79 Å². The van der Waals surface area contributed by atoms with Gasteiger partial charge in [-0.3, -0.25) is 4.79 Å². The summed E-state index contributed by atoms with van der Waals surface area (Å²) in [5.74, 6) is -0.0969. The van der Waals surface area contributed by atoms with Gasteiger partial charge in [0.2, 0.25) is 5.91 Å². The number of rotatable bonds is 4. The molecule has 0 saturated carbocycles. The van der Waals surface area contributed by atoms with Gasteiger partial charge >= 0.3 is 0 Å². The quantitative estimate of drug-likeness (QED) is 0.884. The Morgan fingerprint density at radius 2 is 2.25 bits per heavy atom. The van der Waals surface area contributed by atoms with Gasteiger partial charge in [-0.05, 0) is 13.3 Å². The van der Waals surface area contributed by atoms with Crippen molar-refractivity contribution in [2.24, 2.45) is 5.73 Å². The van der Waals surface area contributed by atoms with Crippen LogP contribution in [-0.4, -0.2) is 16.9 Å². The number of thiazole rings is 1. The van der Waals surface area contributed by atoms with Crippen molar-refractivity contribution in [3.05, 3.63) is 16.1 Å². The zero-order valence-corrected chi connectivity index (χ0v) is 11.7. The summed E-state index contributed by atoms with van der Waals surface area (Å²) in [5, 5.41) is 2.78. The molecule has 0 saturated heterocycles. The normalized spacial score (nSPS) is 10.9. The molecule has 0 aliphatic heterocycles. The molecule has 0 aliphatic carbocycles. The van der Waals surface area contributed by atoms with Gasteiger partial charge in [0.15, 0.2) is 0 Å². The van der Waals surface area contributed by atoms with Gasteiger partial charge in [-0.25, -0.2) is 4.98 Å². The highest BCUT2D eigenvalue weighted by Gasteiger charge is 2.10. The summed E-state index contributed by atoms with van der Waals surface area (Å²) in [7, 11) is 0. The van der Waals surface area contributed by atoms with E-state index < -0.39 is 6.04 Å². The van der Waals surface area contributed by atoms with E-state index in [1.165, 1.54) is 0 Å². The molecule has 3 N–H and O–H groups in total. The maximum atomic E-state index is 11.3. The molecule has 1 amide bonds. The van der Waals surface area contributed by atoms with Crippen molar-refractivity contribution in [3.63, 3.8) is 0 Å². The van der Waals surface area contributed by atoms with E-state index in [1.807, 2.05) is 13.8 Å². The molecular formula is C9H17Cl2N3OS. The lowest BCUT2D eigenvalue weighted by atomic mass is 10.2. The minimum atomic E-state index is -0.400. The summed E-state index contributed by atoms with van der Waals surface area (Å²) in [5.41, 5.74) is 8.32. The molecule has 0 spiro atoms. The van der Waals surface area contributed by atoms with E-state index in [1.54, 1.807) is 16.8 Å². The lowest BCUT2D eigenvalue weighted by molar-refractivity contribution is -0.122. The van der Waals surface area contributed by atoms with Crippen LogP contribution in [0, 0.1) is 6.92 Å². The number of aryl methyl sites for hydroxylation is 1. The predicted octanol–water partition coefficient (Wildman–Crippen LogP) is 1.65. The number of carbonyl (C=O) groups is 1. The van der Waals surface area contributed by atoms with Gasteiger partial charge in [-0.1, -0.05) is 6.92 Å². The van der Waals surface area contributed by atoms with E-state index in [-0.39, 0.29) is 30.7 Å². The topological polar surface area (TPSA) is 68.0 Å². The number of halogens is 2. The summed E-state index contributed by atoms with van der Waals surface area (Å²) in [6.45, 7) is 4.35. The van der Waals surface area contributed by atoms with Gasteiger partial charge in [0.25, 0.3) is 0 Å². The molecule has 7 heteroatoms. The first-order valence-electron chi connectivity index (χ1n) is 4.57. The third-order valence-corrected chi connectivity index (χ3v) is 2.98. The van der Waals surface area contributed by atoms with E-state index in [0.717, 1.165) is 10.6 Å². The maximum Gasteiger partial charge on any atom is 0.237 e. The van der Waals surface area contributed by atoms with E-state index in [2.05, 4.69) is 10.3 Å². The number of amides is 1. The lowest BCUT2D eigenvalue weighted by Gasteiger charge is -2.08. The second-order valence-corrected chi connectivity index (χ2v) is 4.03. The SMILES string of the molecule is CC[C@H](N)C(=O)NCc1scnc1C.Cl.Cl. The summed E-state index contributed by atoms with van der Waals surface area (Å²) < 4.78 is 0. The monoisotopic (exact) mass is 285 g/mol. The number of hydrogen-bond donors (Lipinski definition) is 2. The van der Waals surface area contributed by atoms with Crippen LogP contribution in [0.1, 0.15) is 23.9 Å². The van der Waals surface area contributed by atoms with Crippen LogP contribution < -0.4 is 11.1 Å². The van der Waals surface area contributed by atoms with Crippen molar-refractivity contribution >= 4 is 42.1 Å². The predicted molar refractivity (Wildman–Crippen MR) is 71.5 cm³/mol. The second kappa shape index (κ2) is 8.75. The standard InChI is InChI=1S/C9H15N3OS.2ClH/c1-3-7(10)9(13)11-4-8-6(2)12-5-14-8;;/h5,7H,3-4,10H2,1-2H3,(H,11,13);2*1H/t7-;;/m0../s1. The van der Waals surface area contributed by atoms with Crippen molar-refractivity contribution in [2.45, 2.75) is 32.9 Å². The van der Waals surface area contributed by atoms with Crippen LogP contribution in [0.4, 0.5) is 0 Å². The third-order valence-electron chi connectivity index (χ3n) is 2.04. The molecule has 0 bridgehead atoms. The molecule has 0 unspecified atom stereocenters. The zero-order valence-electron chi connectivity index (χ0n) is 9.23. The fourth-order valence-corrected chi connectivity index (χ4v) is 1.70. The Hall–Kier alpha value is -0.360. The van der Waals surface area contributed by atoms with Crippen molar-refractivity contribution < 1.29 is 4.79 Å². The van der Waals surface area contributed by atoms with Crippen LogP contribution in [0.5, 0.6) is 0 Å². The average Bonchev–Trinajstić information content (AvgIpc) is 2.59. The molecule has 16 heavy (non-hydrogen) atoms. The Kier molecular flexibility index (Phi) is 9.86.